The molecule has 1 aliphatic carbocycles. The van der Waals surface area contributed by atoms with Crippen molar-refractivity contribution >= 4 is 11.8 Å². The fourth-order valence-corrected chi connectivity index (χ4v) is 3.56. The quantitative estimate of drug-likeness (QED) is 0.875. The van der Waals surface area contributed by atoms with E-state index in [0.29, 0.717) is 17.5 Å². The van der Waals surface area contributed by atoms with Gasteiger partial charge in [-0.05, 0) is 42.9 Å². The van der Waals surface area contributed by atoms with E-state index in [2.05, 4.69) is 0 Å². The Kier molecular flexibility index (Phi) is 6.63. The highest BCUT2D eigenvalue weighted by atomic mass is 16.1. The summed E-state index contributed by atoms with van der Waals surface area (Å²) in [4.78, 5) is 23.8. The van der Waals surface area contributed by atoms with Crippen molar-refractivity contribution in [2.45, 2.75) is 70.6 Å². The summed E-state index contributed by atoms with van der Waals surface area (Å²) >= 11 is 0. The minimum absolute atomic E-state index is 0.440. The van der Waals surface area contributed by atoms with Gasteiger partial charge in [-0.15, -0.1) is 0 Å². The highest BCUT2D eigenvalue weighted by molar-refractivity contribution is 6.02. The maximum atomic E-state index is 12.0. The van der Waals surface area contributed by atoms with Crippen molar-refractivity contribution in [3.05, 3.63) is 34.4 Å². The fourth-order valence-electron chi connectivity index (χ4n) is 3.56. The Morgan fingerprint density at radius 3 is 1.74 bits per heavy atom. The summed E-state index contributed by atoms with van der Waals surface area (Å²) in [7, 11) is 0. The van der Waals surface area contributed by atoms with Crippen LogP contribution < -0.4 is 11.5 Å². The first-order valence-electron chi connectivity index (χ1n) is 8.85. The Morgan fingerprint density at radius 2 is 1.22 bits per heavy atom. The number of hydrogen-bond donors (Lipinski definition) is 2. The van der Waals surface area contributed by atoms with E-state index < -0.39 is 11.8 Å². The fraction of sp³-hybridized carbons (Fsp3) is 0.579. The van der Waals surface area contributed by atoms with E-state index in [1.54, 1.807) is 6.07 Å². The highest BCUT2D eigenvalue weighted by Crippen LogP contribution is 2.24. The molecule has 0 heterocycles. The molecule has 4 heteroatoms. The van der Waals surface area contributed by atoms with Crippen LogP contribution in [0.15, 0.2) is 12.1 Å². The van der Waals surface area contributed by atoms with Crippen LogP contribution in [0.4, 0.5) is 0 Å². The molecule has 0 aromatic heterocycles. The lowest BCUT2D eigenvalue weighted by molar-refractivity contribution is 0.0998. The van der Waals surface area contributed by atoms with Gasteiger partial charge in [-0.1, -0.05) is 51.0 Å². The van der Waals surface area contributed by atoms with Gasteiger partial charge in [-0.25, -0.2) is 0 Å². The van der Waals surface area contributed by atoms with Crippen LogP contribution in [0, 0.1) is 0 Å². The Morgan fingerprint density at radius 1 is 0.696 bits per heavy atom. The molecule has 4 nitrogen and oxygen atoms in total. The molecule has 2 rings (SSSR count). The summed E-state index contributed by atoms with van der Waals surface area (Å²) in [6.45, 7) is 0. The number of primary amides is 2. The van der Waals surface area contributed by atoms with E-state index >= 15 is 0 Å². The Balaban J connectivity index is 2.36. The molecule has 126 valence electrons. The van der Waals surface area contributed by atoms with E-state index in [9.17, 15) is 9.59 Å². The predicted octanol–water partition coefficient (Wildman–Crippen LogP) is 3.49. The van der Waals surface area contributed by atoms with Crippen molar-refractivity contribution < 1.29 is 9.59 Å². The molecule has 0 saturated heterocycles. The summed E-state index contributed by atoms with van der Waals surface area (Å²) in [6.07, 6.45) is 12.2. The van der Waals surface area contributed by atoms with Crippen molar-refractivity contribution in [1.82, 2.24) is 0 Å². The number of hydrogen-bond acceptors (Lipinski definition) is 2. The smallest absolute Gasteiger partial charge is 0.249 e. The van der Waals surface area contributed by atoms with E-state index in [4.69, 9.17) is 11.5 Å². The van der Waals surface area contributed by atoms with Gasteiger partial charge in [-0.3, -0.25) is 9.59 Å². The molecule has 0 unspecified atom stereocenters. The van der Waals surface area contributed by atoms with Gasteiger partial charge in [0, 0.05) is 11.1 Å². The second-order valence-electron chi connectivity index (χ2n) is 6.54. The monoisotopic (exact) mass is 316 g/mol. The van der Waals surface area contributed by atoms with Crippen LogP contribution in [0.3, 0.4) is 0 Å². The third-order valence-corrected chi connectivity index (χ3v) is 4.78. The zero-order chi connectivity index (χ0) is 16.7. The second kappa shape index (κ2) is 8.70. The number of rotatable bonds is 2. The third-order valence-electron chi connectivity index (χ3n) is 4.78. The lowest BCUT2D eigenvalue weighted by Crippen LogP contribution is -2.22. The minimum atomic E-state index is -0.477. The summed E-state index contributed by atoms with van der Waals surface area (Å²) in [5.74, 6) is -0.916. The number of amides is 2. The van der Waals surface area contributed by atoms with Crippen LogP contribution in [-0.2, 0) is 12.8 Å². The first-order valence-corrected chi connectivity index (χ1v) is 8.85. The molecule has 2 bridgehead atoms. The van der Waals surface area contributed by atoms with Gasteiger partial charge in [0.15, 0.2) is 0 Å². The largest absolute Gasteiger partial charge is 0.366 e. The SMILES string of the molecule is NC(=O)c1ccc2c(C(N)=O)c1CCCCCCCCCCC2. The maximum absolute atomic E-state index is 12.0. The molecule has 0 fully saturated rings. The summed E-state index contributed by atoms with van der Waals surface area (Å²) < 4.78 is 0. The Bertz CT molecular complexity index is 567. The van der Waals surface area contributed by atoms with Crippen LogP contribution >= 0.6 is 0 Å². The van der Waals surface area contributed by atoms with Gasteiger partial charge in [0.05, 0.1) is 0 Å². The molecule has 0 atom stereocenters. The molecular weight excluding hydrogens is 288 g/mol. The van der Waals surface area contributed by atoms with Crippen LogP contribution in [0.2, 0.25) is 0 Å². The number of carbonyl (C=O) groups excluding carboxylic acids is 2. The van der Waals surface area contributed by atoms with Crippen molar-refractivity contribution in [3.63, 3.8) is 0 Å². The van der Waals surface area contributed by atoms with Crippen molar-refractivity contribution in [2.24, 2.45) is 11.5 Å². The van der Waals surface area contributed by atoms with Crippen LogP contribution in [-0.4, -0.2) is 11.8 Å². The van der Waals surface area contributed by atoms with Gasteiger partial charge in [-0.2, -0.15) is 0 Å². The average Bonchev–Trinajstić information content (AvgIpc) is 2.51. The van der Waals surface area contributed by atoms with Crippen molar-refractivity contribution in [1.29, 1.82) is 0 Å². The number of carbonyl (C=O) groups is 2. The first-order chi connectivity index (χ1) is 11.1. The molecule has 23 heavy (non-hydrogen) atoms. The van der Waals surface area contributed by atoms with Crippen molar-refractivity contribution in [3.8, 4) is 0 Å². The predicted molar refractivity (Wildman–Crippen MR) is 92.4 cm³/mol. The molecule has 4 N–H and O–H groups in total. The Hall–Kier alpha value is -1.84. The van der Waals surface area contributed by atoms with Gasteiger partial charge in [0.2, 0.25) is 11.8 Å². The average molecular weight is 316 g/mol. The summed E-state index contributed by atoms with van der Waals surface area (Å²) in [5, 5.41) is 0. The zero-order valence-corrected chi connectivity index (χ0v) is 13.9. The zero-order valence-electron chi connectivity index (χ0n) is 13.9. The molecule has 0 radical (unpaired) electrons. The number of nitrogens with two attached hydrogens (primary N) is 2. The standard InChI is InChI=1S/C19H28N2O2/c20-18(22)16-13-12-14-10-8-6-4-2-1-3-5-7-9-11-15(16)17(14)19(21)23/h12-13H,1-11H2,(H2,20,22)(H2,21,23). The Labute approximate surface area is 138 Å². The maximum Gasteiger partial charge on any atom is 0.249 e. The summed E-state index contributed by atoms with van der Waals surface area (Å²) in [5.41, 5.74) is 13.9. The third kappa shape index (κ3) is 4.81. The molecule has 1 aromatic rings. The molecule has 1 aliphatic rings. The second-order valence-corrected chi connectivity index (χ2v) is 6.54. The van der Waals surface area contributed by atoms with Gasteiger partial charge < -0.3 is 11.5 Å². The molecule has 0 spiro atoms. The molecular formula is C19H28N2O2. The van der Waals surface area contributed by atoms with Crippen molar-refractivity contribution in [2.75, 3.05) is 0 Å². The van der Waals surface area contributed by atoms with E-state index in [-0.39, 0.29) is 0 Å². The number of aryl methyl sites for hydroxylation is 1. The molecule has 0 aliphatic heterocycles. The van der Waals surface area contributed by atoms with Crippen LogP contribution in [0.5, 0.6) is 0 Å². The number of benzene rings is 1. The summed E-state index contributed by atoms with van der Waals surface area (Å²) in [6, 6.07) is 3.63. The highest BCUT2D eigenvalue weighted by Gasteiger charge is 2.19. The van der Waals surface area contributed by atoms with E-state index in [1.165, 1.54) is 38.5 Å². The van der Waals surface area contributed by atoms with Gasteiger partial charge in [0.25, 0.3) is 0 Å². The first kappa shape index (κ1) is 17.5. The normalized spacial score (nSPS) is 17.2. The van der Waals surface area contributed by atoms with Crippen LogP contribution in [0.1, 0.15) is 89.6 Å². The topological polar surface area (TPSA) is 86.2 Å². The number of fused-ring (bicyclic) bond motifs is 2. The lowest BCUT2D eigenvalue weighted by Gasteiger charge is -2.16. The van der Waals surface area contributed by atoms with Gasteiger partial charge in [0.1, 0.15) is 0 Å². The molecule has 1 aromatic carbocycles. The molecule has 0 saturated carbocycles. The van der Waals surface area contributed by atoms with E-state index in [0.717, 1.165) is 36.8 Å². The molecule has 2 amide bonds. The van der Waals surface area contributed by atoms with E-state index in [1.807, 2.05) is 6.07 Å². The van der Waals surface area contributed by atoms with Gasteiger partial charge >= 0.3 is 0 Å². The lowest BCUT2D eigenvalue weighted by atomic mass is 9.88. The minimum Gasteiger partial charge on any atom is -0.366 e. The van der Waals surface area contributed by atoms with Crippen LogP contribution in [0.25, 0.3) is 0 Å².